The number of nitrogens with two attached hydrogens (primary N) is 1. The van der Waals surface area contributed by atoms with Gasteiger partial charge in [0.1, 0.15) is 29.8 Å². The minimum absolute atomic E-state index is 0.176. The van der Waals surface area contributed by atoms with Crippen LogP contribution in [-0.2, 0) is 4.79 Å². The zero-order valence-electron chi connectivity index (χ0n) is 15.2. The van der Waals surface area contributed by atoms with Gasteiger partial charge in [-0.3, -0.25) is 14.5 Å². The summed E-state index contributed by atoms with van der Waals surface area (Å²) in [5.74, 6) is -0.412. The number of nitrogen functional groups attached to an aromatic ring is 1. The predicted molar refractivity (Wildman–Crippen MR) is 108 cm³/mol. The Balaban J connectivity index is 1.99. The molecule has 10 heteroatoms. The summed E-state index contributed by atoms with van der Waals surface area (Å²) in [5, 5.41) is -0.385. The molecular weight excluding hydrogens is 451 g/mol. The van der Waals surface area contributed by atoms with E-state index in [2.05, 4.69) is 25.9 Å². The first kappa shape index (κ1) is 20.3. The number of ether oxygens (including phenoxy) is 1. The monoisotopic (exact) mass is 466 g/mol. The van der Waals surface area contributed by atoms with Crippen molar-refractivity contribution in [3.8, 4) is 5.75 Å². The number of nitrogens with zero attached hydrogens (tertiary/aromatic N) is 3. The van der Waals surface area contributed by atoms with Crippen LogP contribution >= 0.6 is 27.7 Å². The average molecular weight is 467 g/mol. The van der Waals surface area contributed by atoms with E-state index < -0.39 is 17.8 Å². The Labute approximate surface area is 173 Å². The number of imide groups is 1. The van der Waals surface area contributed by atoms with Crippen molar-refractivity contribution in [2.75, 3.05) is 12.8 Å². The number of thioether (sulfide) groups is 1. The Morgan fingerprint density at radius 2 is 2.14 bits per heavy atom. The van der Waals surface area contributed by atoms with Crippen LogP contribution in [0.5, 0.6) is 5.75 Å². The Kier molecular flexibility index (Phi) is 5.71. The Hall–Kier alpha value is -2.46. The summed E-state index contributed by atoms with van der Waals surface area (Å²) in [7, 11) is 1.39. The molecule has 1 aromatic heterocycles. The second-order valence-electron chi connectivity index (χ2n) is 6.08. The molecular formula is C18H16BrFN4O3S. The summed E-state index contributed by atoms with van der Waals surface area (Å²) in [5.41, 5.74) is 7.08. The Bertz CT molecular complexity index is 1010. The van der Waals surface area contributed by atoms with E-state index in [0.717, 1.165) is 16.7 Å². The number of likely N-dealkylation sites (N-methyl/N-ethyl adjacent to an activating group) is 1. The molecule has 1 aromatic carbocycles. The molecule has 1 aliphatic rings. The van der Waals surface area contributed by atoms with E-state index in [1.54, 1.807) is 19.9 Å². The predicted octanol–water partition coefficient (Wildman–Crippen LogP) is 4.07. The minimum Gasteiger partial charge on any atom is -0.485 e. The highest BCUT2D eigenvalue weighted by molar-refractivity contribution is 9.10. The molecule has 2 aromatic rings. The third kappa shape index (κ3) is 3.74. The lowest BCUT2D eigenvalue weighted by atomic mass is 10.1. The minimum atomic E-state index is -0.531. The third-order valence-electron chi connectivity index (χ3n) is 4.22. The van der Waals surface area contributed by atoms with Crippen LogP contribution in [0.2, 0.25) is 0 Å². The highest BCUT2D eigenvalue weighted by atomic mass is 79.9. The maximum atomic E-state index is 14.7. The van der Waals surface area contributed by atoms with Gasteiger partial charge in [-0.15, -0.1) is 0 Å². The first-order chi connectivity index (χ1) is 13.2. The molecule has 1 fully saturated rings. The van der Waals surface area contributed by atoms with Gasteiger partial charge in [-0.1, -0.05) is 0 Å². The van der Waals surface area contributed by atoms with Crippen LogP contribution in [0.3, 0.4) is 0 Å². The topological polar surface area (TPSA) is 98.4 Å². The lowest BCUT2D eigenvalue weighted by Crippen LogP contribution is -2.22. The standard InChI is InChI=1S/C18H16BrFN4O3S/c1-8-12(27-9(2)11-6-22-7-23-16(11)21)4-10(14(19)15(8)20)5-13-17(25)24(3)18(26)28-13/h4-7,9H,1-3H3,(H2,21,22,23)/b13-5-. The highest BCUT2D eigenvalue weighted by Gasteiger charge is 2.32. The fourth-order valence-corrected chi connectivity index (χ4v) is 3.89. The van der Waals surface area contributed by atoms with Gasteiger partial charge < -0.3 is 10.5 Å². The van der Waals surface area contributed by atoms with Crippen LogP contribution in [0.1, 0.15) is 29.7 Å². The molecule has 0 saturated carbocycles. The van der Waals surface area contributed by atoms with Gasteiger partial charge >= 0.3 is 0 Å². The van der Waals surface area contributed by atoms with Gasteiger partial charge in [-0.25, -0.2) is 14.4 Å². The number of rotatable bonds is 4. The molecule has 0 spiro atoms. The summed E-state index contributed by atoms with van der Waals surface area (Å²) in [6.45, 7) is 3.33. The molecule has 7 nitrogen and oxygen atoms in total. The number of carbonyl (C=O) groups is 2. The normalized spacial score (nSPS) is 16.8. The van der Waals surface area contributed by atoms with Gasteiger partial charge in [0, 0.05) is 18.8 Å². The number of benzene rings is 1. The maximum Gasteiger partial charge on any atom is 0.293 e. The van der Waals surface area contributed by atoms with E-state index >= 15 is 0 Å². The number of halogens is 2. The van der Waals surface area contributed by atoms with Crippen LogP contribution in [0, 0.1) is 12.7 Å². The van der Waals surface area contributed by atoms with E-state index in [0.29, 0.717) is 11.1 Å². The molecule has 1 saturated heterocycles. The number of hydrogen-bond acceptors (Lipinski definition) is 7. The summed E-state index contributed by atoms with van der Waals surface area (Å²) in [6, 6.07) is 1.60. The smallest absolute Gasteiger partial charge is 0.293 e. The SMILES string of the molecule is Cc1c(OC(C)c2cncnc2N)cc(/C=C2\SC(=O)N(C)C2=O)c(Br)c1F. The van der Waals surface area contributed by atoms with Crippen LogP contribution in [0.25, 0.3) is 6.08 Å². The second kappa shape index (κ2) is 7.88. The van der Waals surface area contributed by atoms with Crippen molar-refractivity contribution in [2.45, 2.75) is 20.0 Å². The van der Waals surface area contributed by atoms with E-state index in [9.17, 15) is 14.0 Å². The number of aromatic nitrogens is 2. The fourth-order valence-electron chi connectivity index (χ4n) is 2.54. The van der Waals surface area contributed by atoms with Crippen molar-refractivity contribution in [2.24, 2.45) is 0 Å². The molecule has 146 valence electrons. The van der Waals surface area contributed by atoms with E-state index in [4.69, 9.17) is 10.5 Å². The van der Waals surface area contributed by atoms with Gasteiger partial charge in [0.2, 0.25) is 0 Å². The van der Waals surface area contributed by atoms with Crippen molar-refractivity contribution in [1.29, 1.82) is 0 Å². The first-order valence-corrected chi connectivity index (χ1v) is 9.73. The summed E-state index contributed by atoms with van der Waals surface area (Å²) < 4.78 is 20.8. The van der Waals surface area contributed by atoms with Gasteiger partial charge in [0.25, 0.3) is 11.1 Å². The number of hydrogen-bond donors (Lipinski definition) is 1. The number of amides is 2. The molecule has 2 N–H and O–H groups in total. The molecule has 0 bridgehead atoms. The number of carbonyl (C=O) groups excluding carboxylic acids is 2. The molecule has 1 unspecified atom stereocenters. The average Bonchev–Trinajstić information content (AvgIpc) is 2.90. The van der Waals surface area contributed by atoms with Crippen molar-refractivity contribution >= 4 is 50.7 Å². The molecule has 3 rings (SSSR count). The summed E-state index contributed by atoms with van der Waals surface area (Å²) in [6.07, 6.45) is 3.79. The second-order valence-corrected chi connectivity index (χ2v) is 7.87. The van der Waals surface area contributed by atoms with E-state index in [1.165, 1.54) is 25.6 Å². The van der Waals surface area contributed by atoms with E-state index in [1.807, 2.05) is 0 Å². The Morgan fingerprint density at radius 1 is 1.43 bits per heavy atom. The largest absolute Gasteiger partial charge is 0.485 e. The Morgan fingerprint density at radius 3 is 2.75 bits per heavy atom. The number of anilines is 1. The van der Waals surface area contributed by atoms with E-state index in [-0.39, 0.29) is 31.7 Å². The van der Waals surface area contributed by atoms with Crippen LogP contribution < -0.4 is 10.5 Å². The summed E-state index contributed by atoms with van der Waals surface area (Å²) >= 11 is 4.01. The van der Waals surface area contributed by atoms with Crippen LogP contribution in [-0.4, -0.2) is 33.1 Å². The van der Waals surface area contributed by atoms with Crippen LogP contribution in [0.4, 0.5) is 15.0 Å². The van der Waals surface area contributed by atoms with Crippen molar-refractivity contribution in [1.82, 2.24) is 14.9 Å². The zero-order valence-corrected chi connectivity index (χ0v) is 17.6. The van der Waals surface area contributed by atoms with Crippen LogP contribution in [0.15, 0.2) is 28.0 Å². The molecule has 2 heterocycles. The fraction of sp³-hybridized carbons (Fsp3) is 0.222. The lowest BCUT2D eigenvalue weighted by molar-refractivity contribution is -0.121. The van der Waals surface area contributed by atoms with Gasteiger partial charge in [-0.2, -0.15) is 0 Å². The van der Waals surface area contributed by atoms with Crippen molar-refractivity contribution in [3.05, 3.63) is 50.5 Å². The highest BCUT2D eigenvalue weighted by Crippen LogP contribution is 2.37. The van der Waals surface area contributed by atoms with Crippen molar-refractivity contribution < 1.29 is 18.7 Å². The van der Waals surface area contributed by atoms with Crippen molar-refractivity contribution in [3.63, 3.8) is 0 Å². The molecule has 0 radical (unpaired) electrons. The first-order valence-electron chi connectivity index (χ1n) is 8.12. The molecule has 0 aliphatic carbocycles. The molecule has 1 aliphatic heterocycles. The van der Waals surface area contributed by atoms with Gasteiger partial charge in [-0.05, 0) is 59.2 Å². The molecule has 1 atom stereocenters. The molecule has 28 heavy (non-hydrogen) atoms. The third-order valence-corrected chi connectivity index (χ3v) is 5.99. The zero-order chi connectivity index (χ0) is 20.6. The summed E-state index contributed by atoms with van der Waals surface area (Å²) in [4.78, 5) is 32.9. The van der Waals surface area contributed by atoms with Gasteiger partial charge in [0.05, 0.1) is 14.9 Å². The van der Waals surface area contributed by atoms with Gasteiger partial charge in [0.15, 0.2) is 0 Å². The quantitative estimate of drug-likeness (QED) is 0.677. The lowest BCUT2D eigenvalue weighted by Gasteiger charge is -2.19. The molecule has 2 amide bonds. The maximum absolute atomic E-state index is 14.7.